The summed E-state index contributed by atoms with van der Waals surface area (Å²) in [6.45, 7) is 4.25. The molecule has 2 aromatic rings. The summed E-state index contributed by atoms with van der Waals surface area (Å²) in [7, 11) is 2.08. The summed E-state index contributed by atoms with van der Waals surface area (Å²) >= 11 is 0. The van der Waals surface area contributed by atoms with Gasteiger partial charge in [-0.15, -0.1) is 0 Å². The Hall–Kier alpha value is -2.21. The van der Waals surface area contributed by atoms with Gasteiger partial charge in [-0.25, -0.2) is 0 Å². The molecule has 0 spiro atoms. The van der Waals surface area contributed by atoms with Gasteiger partial charge in [0, 0.05) is 43.8 Å². The molecule has 0 bridgehead atoms. The third-order valence-electron chi connectivity index (χ3n) is 3.85. The van der Waals surface area contributed by atoms with E-state index in [1.807, 2.05) is 24.1 Å². The topological polar surface area (TPSA) is 65.1 Å². The molecule has 0 aromatic carbocycles. The van der Waals surface area contributed by atoms with Gasteiger partial charge in [0.25, 0.3) is 5.91 Å². The van der Waals surface area contributed by atoms with E-state index in [9.17, 15) is 4.79 Å². The lowest BCUT2D eigenvalue weighted by molar-refractivity contribution is 0.0316. The average Bonchev–Trinajstić information content (AvgIpc) is 2.85. The quantitative estimate of drug-likeness (QED) is 0.912. The van der Waals surface area contributed by atoms with E-state index in [-0.39, 0.29) is 5.91 Å². The number of amides is 1. The fourth-order valence-corrected chi connectivity index (χ4v) is 2.50. The first-order chi connectivity index (χ1) is 10.1. The minimum absolute atomic E-state index is 0.00498. The van der Waals surface area contributed by atoms with Gasteiger partial charge in [-0.3, -0.25) is 19.8 Å². The van der Waals surface area contributed by atoms with Crippen molar-refractivity contribution in [2.24, 2.45) is 0 Å². The number of hydrogen-bond donors (Lipinski definition) is 1. The van der Waals surface area contributed by atoms with E-state index in [2.05, 4.69) is 33.2 Å². The number of nitrogens with one attached hydrogen (secondary N) is 1. The zero-order valence-corrected chi connectivity index (χ0v) is 12.3. The molecule has 21 heavy (non-hydrogen) atoms. The predicted octanol–water partition coefficient (Wildman–Crippen LogP) is 1.07. The number of likely N-dealkylation sites (N-methyl/N-ethyl adjacent to an activating group) is 1. The van der Waals surface area contributed by atoms with E-state index in [1.165, 1.54) is 5.56 Å². The summed E-state index contributed by atoms with van der Waals surface area (Å²) in [5, 5.41) is 6.82. The van der Waals surface area contributed by atoms with Crippen LogP contribution in [0.5, 0.6) is 0 Å². The molecule has 110 valence electrons. The van der Waals surface area contributed by atoms with Crippen LogP contribution in [0.15, 0.2) is 30.6 Å². The number of H-pyrrole nitrogens is 1. The standard InChI is InChI=1S/C15H19N5O/c1-11-6-14(18-17-11)15(21)20-9-13(10-20)19(2)8-12-4-3-5-16-7-12/h3-7,13H,8-10H2,1-2H3,(H,17,18). The molecule has 1 fully saturated rings. The minimum Gasteiger partial charge on any atom is -0.334 e. The maximum absolute atomic E-state index is 12.2. The molecule has 6 nitrogen and oxygen atoms in total. The van der Waals surface area contributed by atoms with Gasteiger partial charge in [0.05, 0.1) is 0 Å². The van der Waals surface area contributed by atoms with Crippen molar-refractivity contribution in [2.75, 3.05) is 20.1 Å². The first kappa shape index (κ1) is 13.8. The number of carbonyl (C=O) groups excluding carboxylic acids is 1. The van der Waals surface area contributed by atoms with Gasteiger partial charge in [0.15, 0.2) is 0 Å². The molecule has 1 saturated heterocycles. The predicted molar refractivity (Wildman–Crippen MR) is 78.7 cm³/mol. The van der Waals surface area contributed by atoms with Crippen molar-refractivity contribution in [1.82, 2.24) is 25.0 Å². The molecule has 0 saturated carbocycles. The summed E-state index contributed by atoms with van der Waals surface area (Å²) in [5.41, 5.74) is 2.60. The summed E-state index contributed by atoms with van der Waals surface area (Å²) in [4.78, 5) is 20.4. The monoisotopic (exact) mass is 285 g/mol. The first-order valence-electron chi connectivity index (χ1n) is 7.04. The molecule has 2 aromatic heterocycles. The fraction of sp³-hybridized carbons (Fsp3) is 0.400. The fourth-order valence-electron chi connectivity index (χ4n) is 2.50. The van der Waals surface area contributed by atoms with Gasteiger partial charge in [0.2, 0.25) is 0 Å². The Bertz CT molecular complexity index is 618. The summed E-state index contributed by atoms with van der Waals surface area (Å²) in [6, 6.07) is 6.20. The zero-order valence-electron chi connectivity index (χ0n) is 12.3. The smallest absolute Gasteiger partial charge is 0.274 e. The van der Waals surface area contributed by atoms with Crippen LogP contribution in [-0.4, -0.2) is 57.1 Å². The second-order valence-corrected chi connectivity index (χ2v) is 5.58. The minimum atomic E-state index is 0.00498. The Morgan fingerprint density at radius 2 is 2.33 bits per heavy atom. The van der Waals surface area contributed by atoms with Crippen molar-refractivity contribution in [3.8, 4) is 0 Å². The normalized spacial score (nSPS) is 15.3. The Morgan fingerprint density at radius 3 is 2.95 bits per heavy atom. The average molecular weight is 285 g/mol. The zero-order chi connectivity index (χ0) is 14.8. The Labute approximate surface area is 123 Å². The highest BCUT2D eigenvalue weighted by molar-refractivity contribution is 5.93. The maximum atomic E-state index is 12.2. The third-order valence-corrected chi connectivity index (χ3v) is 3.85. The van der Waals surface area contributed by atoms with Crippen LogP contribution in [0.4, 0.5) is 0 Å². The van der Waals surface area contributed by atoms with Crippen LogP contribution in [0.1, 0.15) is 21.7 Å². The lowest BCUT2D eigenvalue weighted by atomic mass is 10.1. The van der Waals surface area contributed by atoms with E-state index in [0.29, 0.717) is 11.7 Å². The van der Waals surface area contributed by atoms with Gasteiger partial charge >= 0.3 is 0 Å². The molecular weight excluding hydrogens is 266 g/mol. The number of likely N-dealkylation sites (tertiary alicyclic amines) is 1. The molecular formula is C15H19N5O. The number of pyridine rings is 1. The van der Waals surface area contributed by atoms with Crippen LogP contribution in [0.3, 0.4) is 0 Å². The molecule has 1 aliphatic heterocycles. The number of hydrogen-bond acceptors (Lipinski definition) is 4. The molecule has 0 radical (unpaired) electrons. The lowest BCUT2D eigenvalue weighted by Crippen LogP contribution is -2.59. The lowest BCUT2D eigenvalue weighted by Gasteiger charge is -2.43. The number of nitrogens with zero attached hydrogens (tertiary/aromatic N) is 4. The molecule has 0 atom stereocenters. The van der Waals surface area contributed by atoms with E-state index in [0.717, 1.165) is 25.3 Å². The second-order valence-electron chi connectivity index (χ2n) is 5.58. The van der Waals surface area contributed by atoms with Crippen molar-refractivity contribution >= 4 is 5.91 Å². The van der Waals surface area contributed by atoms with E-state index >= 15 is 0 Å². The first-order valence-corrected chi connectivity index (χ1v) is 7.04. The third kappa shape index (κ3) is 2.95. The van der Waals surface area contributed by atoms with Gasteiger partial charge < -0.3 is 4.90 Å². The number of carbonyl (C=O) groups is 1. The maximum Gasteiger partial charge on any atom is 0.274 e. The molecule has 1 N–H and O–H groups in total. The summed E-state index contributed by atoms with van der Waals surface area (Å²) in [5.74, 6) is 0.00498. The van der Waals surface area contributed by atoms with Crippen LogP contribution >= 0.6 is 0 Å². The Kier molecular flexibility index (Phi) is 3.70. The van der Waals surface area contributed by atoms with Crippen LogP contribution < -0.4 is 0 Å². The Morgan fingerprint density at radius 1 is 1.52 bits per heavy atom. The molecule has 3 heterocycles. The van der Waals surface area contributed by atoms with Crippen LogP contribution in [0.25, 0.3) is 0 Å². The van der Waals surface area contributed by atoms with E-state index < -0.39 is 0 Å². The molecule has 6 heteroatoms. The van der Waals surface area contributed by atoms with Crippen molar-refractivity contribution in [2.45, 2.75) is 19.5 Å². The second kappa shape index (κ2) is 5.65. The van der Waals surface area contributed by atoms with Crippen molar-refractivity contribution in [3.05, 3.63) is 47.5 Å². The van der Waals surface area contributed by atoms with Gasteiger partial charge in [-0.2, -0.15) is 5.10 Å². The summed E-state index contributed by atoms with van der Waals surface area (Å²) < 4.78 is 0. The van der Waals surface area contributed by atoms with Gasteiger partial charge in [-0.1, -0.05) is 6.07 Å². The highest BCUT2D eigenvalue weighted by Gasteiger charge is 2.34. The number of rotatable bonds is 4. The van der Waals surface area contributed by atoms with Gasteiger partial charge in [0.1, 0.15) is 5.69 Å². The highest BCUT2D eigenvalue weighted by atomic mass is 16.2. The molecule has 3 rings (SSSR count). The molecule has 1 amide bonds. The molecule has 0 aliphatic carbocycles. The van der Waals surface area contributed by atoms with E-state index in [1.54, 1.807) is 12.3 Å². The number of aryl methyl sites for hydroxylation is 1. The Balaban J connectivity index is 1.52. The summed E-state index contributed by atoms with van der Waals surface area (Å²) in [6.07, 6.45) is 3.66. The van der Waals surface area contributed by atoms with Gasteiger partial charge in [-0.05, 0) is 31.7 Å². The number of aromatic nitrogens is 3. The van der Waals surface area contributed by atoms with Crippen molar-refractivity contribution < 1.29 is 4.79 Å². The van der Waals surface area contributed by atoms with E-state index in [4.69, 9.17) is 0 Å². The highest BCUT2D eigenvalue weighted by Crippen LogP contribution is 2.18. The SMILES string of the molecule is Cc1cc(C(=O)N2CC(N(C)Cc3cccnc3)C2)n[nH]1. The van der Waals surface area contributed by atoms with Crippen molar-refractivity contribution in [3.63, 3.8) is 0 Å². The van der Waals surface area contributed by atoms with Crippen LogP contribution in [0.2, 0.25) is 0 Å². The number of aromatic amines is 1. The van der Waals surface area contributed by atoms with Crippen LogP contribution in [0, 0.1) is 6.92 Å². The van der Waals surface area contributed by atoms with Crippen LogP contribution in [-0.2, 0) is 6.54 Å². The largest absolute Gasteiger partial charge is 0.334 e. The van der Waals surface area contributed by atoms with Crippen molar-refractivity contribution in [1.29, 1.82) is 0 Å². The molecule has 0 unspecified atom stereocenters. The molecule has 1 aliphatic rings.